The van der Waals surface area contributed by atoms with Crippen LogP contribution in [-0.4, -0.2) is 75.9 Å². The number of ether oxygens (including phenoxy) is 2. The summed E-state index contributed by atoms with van der Waals surface area (Å²) in [6.07, 6.45) is -1.34. The van der Waals surface area contributed by atoms with Gasteiger partial charge in [0.1, 0.15) is 30.2 Å². The van der Waals surface area contributed by atoms with Gasteiger partial charge in [-0.2, -0.15) is 0 Å². The Bertz CT molecular complexity index is 895. The minimum atomic E-state index is -1.55. The minimum absolute atomic E-state index is 0.00292. The van der Waals surface area contributed by atoms with Crippen molar-refractivity contribution in [3.8, 4) is 0 Å². The number of allylic oxidation sites excluding steroid dienone is 3. The van der Waals surface area contributed by atoms with E-state index in [0.29, 0.717) is 19.3 Å². The van der Waals surface area contributed by atoms with Crippen molar-refractivity contribution < 1.29 is 39.5 Å². The Morgan fingerprint density at radius 2 is 1.79 bits per heavy atom. The van der Waals surface area contributed by atoms with E-state index >= 15 is 0 Å². The van der Waals surface area contributed by atoms with E-state index in [0.717, 1.165) is 18.4 Å². The highest BCUT2D eigenvalue weighted by Crippen LogP contribution is 2.61. The molecule has 0 aromatic heterocycles. The number of aliphatic hydroxyl groups is 4. The standard InChI is InChI=1S/C26H38O8/c1-5-24(2)8-6-15-14(11-24)16(28)10-18-25(15,3)9-7-19(29)26(18,4)13-33-23-22(32)21(31)20(30)17(12-27)34-23/h5,17-18,20-23,27,30-32H,1,6-13H2,2-4H3/t17-,18?,20-,21-,22+,23-,24+,25-,26-/m1/s1. The third-order valence-corrected chi connectivity index (χ3v) is 9.24. The Morgan fingerprint density at radius 1 is 1.09 bits per heavy atom. The smallest absolute Gasteiger partial charge is 0.186 e. The number of aliphatic hydroxyl groups excluding tert-OH is 4. The van der Waals surface area contributed by atoms with Crippen molar-refractivity contribution in [2.24, 2.45) is 22.2 Å². The second kappa shape index (κ2) is 8.91. The lowest BCUT2D eigenvalue weighted by Crippen LogP contribution is -2.60. The SMILES string of the molecule is C=C[C@@]1(C)CCC2=C(C1)C(=O)CC1[C@@](C)(CO[C@@H]3O[C@H](CO)[C@@H](O)[C@@H](O)[C@@H]3O)C(=O)CC[C@]21C. The molecular formula is C26H38O8. The second-order valence-electron chi connectivity index (χ2n) is 11.4. The van der Waals surface area contributed by atoms with Crippen molar-refractivity contribution >= 4 is 11.6 Å². The molecule has 4 aliphatic rings. The largest absolute Gasteiger partial charge is 0.394 e. The summed E-state index contributed by atoms with van der Waals surface area (Å²) < 4.78 is 11.3. The third kappa shape index (κ3) is 3.92. The maximum atomic E-state index is 13.3. The molecule has 1 saturated carbocycles. The van der Waals surface area contributed by atoms with Crippen LogP contribution < -0.4 is 0 Å². The Kier molecular flexibility index (Phi) is 6.72. The van der Waals surface area contributed by atoms with Crippen LogP contribution in [0.5, 0.6) is 0 Å². The molecule has 9 atom stereocenters. The predicted molar refractivity (Wildman–Crippen MR) is 122 cm³/mol. The van der Waals surface area contributed by atoms with Crippen LogP contribution in [0.25, 0.3) is 0 Å². The van der Waals surface area contributed by atoms with Crippen LogP contribution in [0.15, 0.2) is 23.8 Å². The molecule has 0 radical (unpaired) electrons. The van der Waals surface area contributed by atoms with Gasteiger partial charge in [0, 0.05) is 12.8 Å². The Labute approximate surface area is 200 Å². The summed E-state index contributed by atoms with van der Waals surface area (Å²) >= 11 is 0. The second-order valence-corrected chi connectivity index (χ2v) is 11.4. The molecule has 190 valence electrons. The van der Waals surface area contributed by atoms with Gasteiger partial charge in [0.15, 0.2) is 12.1 Å². The van der Waals surface area contributed by atoms with E-state index in [1.54, 1.807) is 0 Å². The first-order valence-electron chi connectivity index (χ1n) is 12.2. The van der Waals surface area contributed by atoms with Gasteiger partial charge >= 0.3 is 0 Å². The molecule has 2 fully saturated rings. The summed E-state index contributed by atoms with van der Waals surface area (Å²) in [5, 5.41) is 39.9. The van der Waals surface area contributed by atoms with Gasteiger partial charge in [0.2, 0.25) is 0 Å². The zero-order valence-corrected chi connectivity index (χ0v) is 20.3. The molecule has 8 heteroatoms. The maximum Gasteiger partial charge on any atom is 0.186 e. The normalized spacial score (nSPS) is 47.3. The quantitative estimate of drug-likeness (QED) is 0.436. The van der Waals surface area contributed by atoms with Crippen LogP contribution in [-0.2, 0) is 19.1 Å². The van der Waals surface area contributed by atoms with Crippen molar-refractivity contribution in [3.05, 3.63) is 23.8 Å². The summed E-state index contributed by atoms with van der Waals surface area (Å²) in [4.78, 5) is 26.6. The molecule has 4 rings (SSSR count). The molecule has 34 heavy (non-hydrogen) atoms. The number of rotatable bonds is 5. The monoisotopic (exact) mass is 478 g/mol. The average molecular weight is 479 g/mol. The maximum absolute atomic E-state index is 13.3. The number of ketones is 2. The zero-order chi connectivity index (χ0) is 25.1. The van der Waals surface area contributed by atoms with E-state index in [2.05, 4.69) is 20.4 Å². The number of carbonyl (C=O) groups excluding carboxylic acids is 2. The van der Waals surface area contributed by atoms with E-state index in [-0.39, 0.29) is 41.3 Å². The van der Waals surface area contributed by atoms with Crippen molar-refractivity contribution in [2.75, 3.05) is 13.2 Å². The Balaban J connectivity index is 1.60. The van der Waals surface area contributed by atoms with Gasteiger partial charge in [-0.15, -0.1) is 6.58 Å². The topological polar surface area (TPSA) is 134 Å². The van der Waals surface area contributed by atoms with Gasteiger partial charge in [-0.05, 0) is 48.0 Å². The third-order valence-electron chi connectivity index (χ3n) is 9.24. The van der Waals surface area contributed by atoms with Crippen LogP contribution in [0.1, 0.15) is 59.3 Å². The predicted octanol–water partition coefficient (Wildman–Crippen LogP) is 1.44. The first-order chi connectivity index (χ1) is 15.9. The number of fused-ring (bicyclic) bond motifs is 2. The molecular weight excluding hydrogens is 440 g/mol. The summed E-state index contributed by atoms with van der Waals surface area (Å²) in [5.41, 5.74) is 0.669. The van der Waals surface area contributed by atoms with Gasteiger partial charge in [-0.25, -0.2) is 0 Å². The Hall–Kier alpha value is -1.42. The molecule has 1 aliphatic heterocycles. The van der Waals surface area contributed by atoms with E-state index < -0.39 is 42.7 Å². The van der Waals surface area contributed by atoms with Gasteiger partial charge < -0.3 is 29.9 Å². The zero-order valence-electron chi connectivity index (χ0n) is 20.3. The molecule has 3 aliphatic carbocycles. The van der Waals surface area contributed by atoms with Crippen LogP contribution in [0, 0.1) is 22.2 Å². The molecule has 0 aromatic carbocycles. The van der Waals surface area contributed by atoms with E-state index in [4.69, 9.17) is 9.47 Å². The summed E-state index contributed by atoms with van der Waals surface area (Å²) in [6, 6.07) is 0. The minimum Gasteiger partial charge on any atom is -0.394 e. The van der Waals surface area contributed by atoms with E-state index in [9.17, 15) is 30.0 Å². The molecule has 0 amide bonds. The van der Waals surface area contributed by atoms with Crippen molar-refractivity contribution in [1.29, 1.82) is 0 Å². The molecule has 1 saturated heterocycles. The van der Waals surface area contributed by atoms with Crippen molar-refractivity contribution in [1.82, 2.24) is 0 Å². The van der Waals surface area contributed by atoms with Crippen LogP contribution >= 0.6 is 0 Å². The first kappa shape index (κ1) is 25.7. The highest BCUT2D eigenvalue weighted by molar-refractivity contribution is 5.99. The van der Waals surface area contributed by atoms with Gasteiger partial charge in [0.25, 0.3) is 0 Å². The van der Waals surface area contributed by atoms with Crippen LogP contribution in [0.4, 0.5) is 0 Å². The number of carbonyl (C=O) groups is 2. The molecule has 1 unspecified atom stereocenters. The van der Waals surface area contributed by atoms with Crippen LogP contribution in [0.2, 0.25) is 0 Å². The number of hydrogen-bond acceptors (Lipinski definition) is 8. The number of Topliss-reactive ketones (excluding diaryl/α,β-unsaturated/α-hetero) is 2. The van der Waals surface area contributed by atoms with Crippen molar-refractivity contribution in [2.45, 2.75) is 90.0 Å². The van der Waals surface area contributed by atoms with Crippen LogP contribution in [0.3, 0.4) is 0 Å². The molecule has 0 aromatic rings. The summed E-state index contributed by atoms with van der Waals surface area (Å²) in [7, 11) is 0. The lowest BCUT2D eigenvalue weighted by Gasteiger charge is -2.56. The average Bonchev–Trinajstić information content (AvgIpc) is 2.82. The highest BCUT2D eigenvalue weighted by atomic mass is 16.7. The fraction of sp³-hybridized carbons (Fsp3) is 0.769. The molecule has 0 spiro atoms. The highest BCUT2D eigenvalue weighted by Gasteiger charge is 2.59. The molecule has 1 heterocycles. The fourth-order valence-electron chi connectivity index (χ4n) is 6.72. The fourth-order valence-corrected chi connectivity index (χ4v) is 6.72. The summed E-state index contributed by atoms with van der Waals surface area (Å²) in [6.45, 7) is 9.42. The Morgan fingerprint density at radius 3 is 2.44 bits per heavy atom. The lowest BCUT2D eigenvalue weighted by molar-refractivity contribution is -0.307. The van der Waals surface area contributed by atoms with Gasteiger partial charge in [0.05, 0.1) is 18.6 Å². The first-order valence-corrected chi connectivity index (χ1v) is 12.2. The lowest BCUT2D eigenvalue weighted by atomic mass is 9.47. The molecule has 0 bridgehead atoms. The molecule has 8 nitrogen and oxygen atoms in total. The molecule has 4 N–H and O–H groups in total. The van der Waals surface area contributed by atoms with Crippen molar-refractivity contribution in [3.63, 3.8) is 0 Å². The summed E-state index contributed by atoms with van der Waals surface area (Å²) in [5.74, 6) is -0.173. The van der Waals surface area contributed by atoms with Gasteiger partial charge in [-0.1, -0.05) is 32.4 Å². The van der Waals surface area contributed by atoms with E-state index in [1.165, 1.54) is 5.57 Å². The van der Waals surface area contributed by atoms with E-state index in [1.807, 2.05) is 13.0 Å². The van der Waals surface area contributed by atoms with Gasteiger partial charge in [-0.3, -0.25) is 9.59 Å². The number of hydrogen-bond donors (Lipinski definition) is 4.